The van der Waals surface area contributed by atoms with Gasteiger partial charge in [0.25, 0.3) is 0 Å². The molecular formula is C8H12O2. The zero-order valence-electron chi connectivity index (χ0n) is 6.13. The largest absolute Gasteiger partial charge is 0.478 e. The number of hydrogen-bond donors (Lipinski definition) is 1. The molecule has 0 saturated heterocycles. The lowest BCUT2D eigenvalue weighted by molar-refractivity contribution is -0.131. The lowest BCUT2D eigenvalue weighted by Crippen LogP contribution is -1.89. The molecule has 1 saturated carbocycles. The Hall–Kier alpha value is -0.790. The van der Waals surface area contributed by atoms with E-state index in [4.69, 9.17) is 5.11 Å². The third kappa shape index (κ3) is 1.87. The van der Waals surface area contributed by atoms with Crippen molar-refractivity contribution >= 4 is 5.97 Å². The number of carbonyl (C=O) groups is 1. The molecule has 1 fully saturated rings. The van der Waals surface area contributed by atoms with Gasteiger partial charge in [0.05, 0.1) is 0 Å². The number of carboxylic acid groups (broad SMARTS) is 1. The highest BCUT2D eigenvalue weighted by Gasteiger charge is 2.14. The van der Waals surface area contributed by atoms with Crippen molar-refractivity contribution in [3.63, 3.8) is 0 Å². The first-order valence-electron chi connectivity index (χ1n) is 3.61. The zero-order valence-corrected chi connectivity index (χ0v) is 6.13. The molecule has 2 heteroatoms. The lowest BCUT2D eigenvalue weighted by Gasteiger charge is -1.93. The van der Waals surface area contributed by atoms with Gasteiger partial charge in [-0.2, -0.15) is 0 Å². The Kier molecular flexibility index (Phi) is 2.10. The van der Waals surface area contributed by atoms with Crippen molar-refractivity contribution in [3.8, 4) is 0 Å². The molecular weight excluding hydrogens is 128 g/mol. The van der Waals surface area contributed by atoms with Crippen LogP contribution in [-0.4, -0.2) is 11.1 Å². The van der Waals surface area contributed by atoms with E-state index in [1.165, 1.54) is 6.08 Å². The average Bonchev–Trinajstić information content (AvgIpc) is 2.13. The van der Waals surface area contributed by atoms with Crippen LogP contribution in [0, 0.1) is 5.92 Å². The minimum absolute atomic E-state index is 0.686. The topological polar surface area (TPSA) is 37.3 Å². The second-order valence-corrected chi connectivity index (χ2v) is 2.99. The van der Waals surface area contributed by atoms with Crippen LogP contribution in [-0.2, 0) is 4.79 Å². The molecule has 0 aromatic carbocycles. The molecule has 1 unspecified atom stereocenters. The molecule has 1 aliphatic rings. The van der Waals surface area contributed by atoms with E-state index in [0.717, 1.165) is 24.8 Å². The number of rotatable bonds is 1. The van der Waals surface area contributed by atoms with E-state index in [0.29, 0.717) is 5.92 Å². The first kappa shape index (κ1) is 7.32. The molecule has 0 bridgehead atoms. The van der Waals surface area contributed by atoms with Crippen LogP contribution in [0.3, 0.4) is 0 Å². The van der Waals surface area contributed by atoms with Crippen LogP contribution in [0.15, 0.2) is 11.6 Å². The summed E-state index contributed by atoms with van der Waals surface area (Å²) in [6, 6.07) is 0. The van der Waals surface area contributed by atoms with Crippen LogP contribution in [0.1, 0.15) is 26.2 Å². The fraction of sp³-hybridized carbons (Fsp3) is 0.625. The van der Waals surface area contributed by atoms with Gasteiger partial charge in [-0.1, -0.05) is 12.5 Å². The molecule has 0 spiro atoms. The molecule has 0 aromatic rings. The van der Waals surface area contributed by atoms with Gasteiger partial charge in [0, 0.05) is 6.08 Å². The third-order valence-corrected chi connectivity index (χ3v) is 1.90. The fourth-order valence-electron chi connectivity index (χ4n) is 1.39. The van der Waals surface area contributed by atoms with Crippen LogP contribution in [0.5, 0.6) is 0 Å². The molecule has 1 aliphatic carbocycles. The van der Waals surface area contributed by atoms with Crippen LogP contribution in [0.4, 0.5) is 0 Å². The maximum absolute atomic E-state index is 10.2. The first-order valence-corrected chi connectivity index (χ1v) is 3.61. The summed E-state index contributed by atoms with van der Waals surface area (Å²) < 4.78 is 0. The maximum Gasteiger partial charge on any atom is 0.328 e. The molecule has 0 amide bonds. The number of hydrogen-bond acceptors (Lipinski definition) is 1. The minimum atomic E-state index is -0.802. The van der Waals surface area contributed by atoms with Crippen molar-refractivity contribution in [2.24, 2.45) is 5.92 Å². The monoisotopic (exact) mass is 140 g/mol. The quantitative estimate of drug-likeness (QED) is 0.564. The van der Waals surface area contributed by atoms with Crippen molar-refractivity contribution in [2.45, 2.75) is 26.2 Å². The van der Waals surface area contributed by atoms with Gasteiger partial charge in [0.2, 0.25) is 0 Å². The van der Waals surface area contributed by atoms with Crippen molar-refractivity contribution < 1.29 is 9.90 Å². The van der Waals surface area contributed by atoms with E-state index in [-0.39, 0.29) is 0 Å². The van der Waals surface area contributed by atoms with Gasteiger partial charge in [-0.05, 0) is 25.2 Å². The number of carboxylic acids is 1. The van der Waals surface area contributed by atoms with E-state index in [1.807, 2.05) is 0 Å². The summed E-state index contributed by atoms with van der Waals surface area (Å²) in [6.45, 7) is 2.16. The second-order valence-electron chi connectivity index (χ2n) is 2.99. The van der Waals surface area contributed by atoms with Gasteiger partial charge in [0.1, 0.15) is 0 Å². The molecule has 0 heterocycles. The van der Waals surface area contributed by atoms with Gasteiger partial charge in [-0.3, -0.25) is 0 Å². The molecule has 2 nitrogen and oxygen atoms in total. The van der Waals surface area contributed by atoms with Crippen LogP contribution >= 0.6 is 0 Å². The number of allylic oxidation sites excluding steroid dienone is 1. The summed E-state index contributed by atoms with van der Waals surface area (Å²) in [7, 11) is 0. The number of aliphatic carboxylic acids is 1. The summed E-state index contributed by atoms with van der Waals surface area (Å²) in [6.07, 6.45) is 4.46. The van der Waals surface area contributed by atoms with Crippen LogP contribution in [0.25, 0.3) is 0 Å². The standard InChI is InChI=1S/C8H12O2/c1-6-2-3-7(4-6)5-8(9)10/h5-6H,2-4H2,1H3,(H,9,10)/b7-5+. The third-order valence-electron chi connectivity index (χ3n) is 1.90. The van der Waals surface area contributed by atoms with Crippen LogP contribution in [0.2, 0.25) is 0 Å². The summed E-state index contributed by atoms with van der Waals surface area (Å²) in [5, 5.41) is 8.38. The summed E-state index contributed by atoms with van der Waals surface area (Å²) in [5.41, 5.74) is 1.10. The molecule has 1 N–H and O–H groups in total. The molecule has 0 aromatic heterocycles. The minimum Gasteiger partial charge on any atom is -0.478 e. The van der Waals surface area contributed by atoms with Crippen molar-refractivity contribution in [1.29, 1.82) is 0 Å². The zero-order chi connectivity index (χ0) is 7.56. The summed E-state index contributed by atoms with van der Waals surface area (Å²) in [4.78, 5) is 10.2. The summed E-state index contributed by atoms with van der Waals surface area (Å²) in [5.74, 6) is -0.116. The van der Waals surface area contributed by atoms with E-state index in [9.17, 15) is 4.79 Å². The lowest BCUT2D eigenvalue weighted by atomic mass is 10.1. The Labute approximate surface area is 60.6 Å². The second kappa shape index (κ2) is 2.86. The molecule has 10 heavy (non-hydrogen) atoms. The van der Waals surface area contributed by atoms with Gasteiger partial charge < -0.3 is 5.11 Å². The molecule has 56 valence electrons. The highest BCUT2D eigenvalue weighted by molar-refractivity contribution is 5.80. The predicted octanol–water partition coefficient (Wildman–Crippen LogP) is 1.82. The fourth-order valence-corrected chi connectivity index (χ4v) is 1.39. The Morgan fingerprint density at radius 1 is 1.80 bits per heavy atom. The van der Waals surface area contributed by atoms with Crippen molar-refractivity contribution in [3.05, 3.63) is 11.6 Å². The maximum atomic E-state index is 10.2. The first-order chi connectivity index (χ1) is 4.68. The van der Waals surface area contributed by atoms with Gasteiger partial charge in [-0.25, -0.2) is 4.79 Å². The predicted molar refractivity (Wildman–Crippen MR) is 38.7 cm³/mol. The molecule has 0 aliphatic heterocycles. The molecule has 1 atom stereocenters. The van der Waals surface area contributed by atoms with E-state index >= 15 is 0 Å². The Morgan fingerprint density at radius 2 is 2.50 bits per heavy atom. The molecule has 1 rings (SSSR count). The SMILES string of the molecule is CC1CC/C(=C\C(=O)O)C1. The van der Waals surface area contributed by atoms with Gasteiger partial charge in [-0.15, -0.1) is 0 Å². The molecule has 0 radical (unpaired) electrons. The highest BCUT2D eigenvalue weighted by atomic mass is 16.4. The smallest absolute Gasteiger partial charge is 0.328 e. The summed E-state index contributed by atoms with van der Waals surface area (Å²) >= 11 is 0. The van der Waals surface area contributed by atoms with Crippen molar-refractivity contribution in [1.82, 2.24) is 0 Å². The van der Waals surface area contributed by atoms with Crippen LogP contribution < -0.4 is 0 Å². The van der Waals surface area contributed by atoms with E-state index in [1.54, 1.807) is 0 Å². The van der Waals surface area contributed by atoms with E-state index in [2.05, 4.69) is 6.92 Å². The Balaban J connectivity index is 2.51. The van der Waals surface area contributed by atoms with Gasteiger partial charge >= 0.3 is 5.97 Å². The highest BCUT2D eigenvalue weighted by Crippen LogP contribution is 2.29. The Bertz CT molecular complexity index is 170. The Morgan fingerprint density at radius 3 is 2.90 bits per heavy atom. The normalized spacial score (nSPS) is 29.3. The van der Waals surface area contributed by atoms with Crippen molar-refractivity contribution in [2.75, 3.05) is 0 Å². The van der Waals surface area contributed by atoms with Gasteiger partial charge in [0.15, 0.2) is 0 Å². The van der Waals surface area contributed by atoms with E-state index < -0.39 is 5.97 Å². The average molecular weight is 140 g/mol.